The van der Waals surface area contributed by atoms with Crippen molar-refractivity contribution in [3.63, 3.8) is 0 Å². The predicted octanol–water partition coefficient (Wildman–Crippen LogP) is 3.97. The van der Waals surface area contributed by atoms with Crippen LogP contribution in [0.3, 0.4) is 0 Å². The Kier molecular flexibility index (Phi) is 6.58. The Labute approximate surface area is 156 Å². The van der Waals surface area contributed by atoms with Crippen molar-refractivity contribution in [3.8, 4) is 5.75 Å². The van der Waals surface area contributed by atoms with Crippen LogP contribution in [0.4, 0.5) is 10.1 Å². The minimum absolute atomic E-state index is 0.0281. The van der Waals surface area contributed by atoms with Crippen LogP contribution in [0.1, 0.15) is 16.7 Å². The quantitative estimate of drug-likeness (QED) is 0.771. The first-order chi connectivity index (χ1) is 12.3. The highest BCUT2D eigenvalue weighted by Gasteiger charge is 2.13. The molecule has 1 N–H and O–H groups in total. The fraction of sp³-hybridized carbons (Fsp3) is 0.263. The van der Waals surface area contributed by atoms with E-state index >= 15 is 0 Å². The highest BCUT2D eigenvalue weighted by molar-refractivity contribution is 6.30. The minimum Gasteiger partial charge on any atom is -0.481 e. The molecule has 0 radical (unpaired) electrons. The van der Waals surface area contributed by atoms with Crippen LogP contribution in [0, 0.1) is 26.6 Å². The number of esters is 1. The molecule has 0 aromatic heterocycles. The van der Waals surface area contributed by atoms with Gasteiger partial charge in [0.2, 0.25) is 0 Å². The lowest BCUT2D eigenvalue weighted by molar-refractivity contribution is -0.149. The molecule has 0 aliphatic carbocycles. The minimum atomic E-state index is -0.710. The topological polar surface area (TPSA) is 64.6 Å². The first-order valence-electron chi connectivity index (χ1n) is 7.87. The number of aryl methyl sites for hydroxylation is 3. The molecule has 2 rings (SSSR count). The number of halogens is 2. The van der Waals surface area contributed by atoms with Crippen molar-refractivity contribution in [2.24, 2.45) is 0 Å². The number of anilines is 1. The fourth-order valence-electron chi connectivity index (χ4n) is 2.35. The SMILES string of the molecule is Cc1ccc(NC(=O)COC(=O)COc2c(C)cc(Cl)cc2C)c(F)c1. The molecule has 0 unspecified atom stereocenters. The summed E-state index contributed by atoms with van der Waals surface area (Å²) in [5, 5.41) is 2.92. The number of amides is 1. The van der Waals surface area contributed by atoms with Crippen molar-refractivity contribution >= 4 is 29.2 Å². The van der Waals surface area contributed by atoms with Gasteiger partial charge >= 0.3 is 5.97 Å². The van der Waals surface area contributed by atoms with Gasteiger partial charge in [-0.25, -0.2) is 9.18 Å². The number of carbonyl (C=O) groups is 2. The van der Waals surface area contributed by atoms with E-state index in [9.17, 15) is 14.0 Å². The second kappa shape index (κ2) is 8.67. The van der Waals surface area contributed by atoms with Gasteiger partial charge < -0.3 is 14.8 Å². The predicted molar refractivity (Wildman–Crippen MR) is 97.1 cm³/mol. The second-order valence-corrected chi connectivity index (χ2v) is 6.29. The summed E-state index contributed by atoms with van der Waals surface area (Å²) in [5.74, 6) is -1.36. The second-order valence-electron chi connectivity index (χ2n) is 5.85. The van der Waals surface area contributed by atoms with Crippen LogP contribution in [-0.4, -0.2) is 25.1 Å². The number of carbonyl (C=O) groups excluding carboxylic acids is 2. The Hall–Kier alpha value is -2.60. The summed E-state index contributed by atoms with van der Waals surface area (Å²) in [6.45, 7) is 4.47. The molecule has 0 fully saturated rings. The van der Waals surface area contributed by atoms with Crippen molar-refractivity contribution in [1.82, 2.24) is 0 Å². The van der Waals surface area contributed by atoms with E-state index in [1.54, 1.807) is 25.1 Å². The first-order valence-corrected chi connectivity index (χ1v) is 8.25. The monoisotopic (exact) mass is 379 g/mol. The fourth-order valence-corrected chi connectivity index (χ4v) is 2.68. The van der Waals surface area contributed by atoms with Crippen molar-refractivity contribution in [2.75, 3.05) is 18.5 Å². The molecule has 0 bridgehead atoms. The van der Waals surface area contributed by atoms with Gasteiger partial charge in [-0.15, -0.1) is 0 Å². The van der Waals surface area contributed by atoms with Gasteiger partial charge in [0.25, 0.3) is 5.91 Å². The van der Waals surface area contributed by atoms with Crippen LogP contribution < -0.4 is 10.1 Å². The molecule has 0 heterocycles. The normalized spacial score (nSPS) is 10.3. The Morgan fingerprint density at radius 1 is 1.08 bits per heavy atom. The number of ether oxygens (including phenoxy) is 2. The zero-order chi connectivity index (χ0) is 19.3. The van der Waals surface area contributed by atoms with E-state index in [4.69, 9.17) is 21.1 Å². The maximum Gasteiger partial charge on any atom is 0.344 e. The zero-order valence-corrected chi connectivity index (χ0v) is 15.4. The van der Waals surface area contributed by atoms with E-state index in [0.717, 1.165) is 16.7 Å². The van der Waals surface area contributed by atoms with Crippen LogP contribution in [-0.2, 0) is 14.3 Å². The van der Waals surface area contributed by atoms with Gasteiger partial charge in [-0.05, 0) is 61.7 Å². The van der Waals surface area contributed by atoms with Crippen molar-refractivity contribution < 1.29 is 23.5 Å². The molecule has 5 nitrogen and oxygen atoms in total. The van der Waals surface area contributed by atoms with Gasteiger partial charge in [0.05, 0.1) is 5.69 Å². The van der Waals surface area contributed by atoms with Crippen LogP contribution in [0.25, 0.3) is 0 Å². The number of benzene rings is 2. The lowest BCUT2D eigenvalue weighted by Gasteiger charge is -2.12. The van der Waals surface area contributed by atoms with E-state index in [1.807, 2.05) is 13.8 Å². The Balaban J connectivity index is 1.82. The van der Waals surface area contributed by atoms with Crippen molar-refractivity contribution in [2.45, 2.75) is 20.8 Å². The summed E-state index contributed by atoms with van der Waals surface area (Å²) in [7, 11) is 0. The molecule has 26 heavy (non-hydrogen) atoms. The van der Waals surface area contributed by atoms with Gasteiger partial charge in [0, 0.05) is 5.02 Å². The molecule has 0 aliphatic rings. The van der Waals surface area contributed by atoms with Crippen LogP contribution in [0.2, 0.25) is 5.02 Å². The molecule has 0 atom stereocenters. The van der Waals surface area contributed by atoms with Gasteiger partial charge in [-0.3, -0.25) is 4.79 Å². The summed E-state index contributed by atoms with van der Waals surface area (Å²) < 4.78 is 24.0. The van der Waals surface area contributed by atoms with Crippen molar-refractivity contribution in [1.29, 1.82) is 0 Å². The smallest absolute Gasteiger partial charge is 0.344 e. The molecular weight excluding hydrogens is 361 g/mol. The number of rotatable bonds is 6. The van der Waals surface area contributed by atoms with Crippen LogP contribution in [0.15, 0.2) is 30.3 Å². The lowest BCUT2D eigenvalue weighted by Crippen LogP contribution is -2.24. The van der Waals surface area contributed by atoms with Crippen LogP contribution >= 0.6 is 11.6 Å². The van der Waals surface area contributed by atoms with Crippen molar-refractivity contribution in [3.05, 3.63) is 57.9 Å². The van der Waals surface area contributed by atoms with E-state index < -0.39 is 24.3 Å². The summed E-state index contributed by atoms with van der Waals surface area (Å²) in [6.07, 6.45) is 0. The van der Waals surface area contributed by atoms with Gasteiger partial charge in [0.15, 0.2) is 13.2 Å². The zero-order valence-electron chi connectivity index (χ0n) is 14.7. The largest absolute Gasteiger partial charge is 0.481 e. The van der Waals surface area contributed by atoms with Gasteiger partial charge in [0.1, 0.15) is 11.6 Å². The highest BCUT2D eigenvalue weighted by Crippen LogP contribution is 2.27. The number of hydrogen-bond acceptors (Lipinski definition) is 4. The number of hydrogen-bond donors (Lipinski definition) is 1. The third-order valence-corrected chi connectivity index (χ3v) is 3.74. The molecule has 0 saturated carbocycles. The average Bonchev–Trinajstić information content (AvgIpc) is 2.54. The molecule has 1 amide bonds. The molecule has 2 aromatic carbocycles. The first kappa shape index (κ1) is 19.7. The molecule has 0 aliphatic heterocycles. The summed E-state index contributed by atoms with van der Waals surface area (Å²) in [5.41, 5.74) is 2.34. The summed E-state index contributed by atoms with van der Waals surface area (Å²) in [6, 6.07) is 7.85. The average molecular weight is 380 g/mol. The molecule has 2 aromatic rings. The van der Waals surface area contributed by atoms with Gasteiger partial charge in [-0.2, -0.15) is 0 Å². The molecule has 7 heteroatoms. The van der Waals surface area contributed by atoms with E-state index in [-0.39, 0.29) is 12.3 Å². The maximum absolute atomic E-state index is 13.7. The Morgan fingerprint density at radius 3 is 2.35 bits per heavy atom. The third kappa shape index (κ3) is 5.46. The third-order valence-electron chi connectivity index (χ3n) is 3.52. The van der Waals surface area contributed by atoms with E-state index in [0.29, 0.717) is 10.8 Å². The summed E-state index contributed by atoms with van der Waals surface area (Å²) in [4.78, 5) is 23.5. The van der Waals surface area contributed by atoms with E-state index in [2.05, 4.69) is 5.32 Å². The molecule has 0 spiro atoms. The van der Waals surface area contributed by atoms with Crippen LogP contribution in [0.5, 0.6) is 5.75 Å². The summed E-state index contributed by atoms with van der Waals surface area (Å²) >= 11 is 5.94. The number of nitrogens with one attached hydrogen (secondary N) is 1. The standard InChI is InChI=1S/C19H19ClFNO4/c1-11-4-5-16(15(21)6-11)22-17(23)9-25-18(24)10-26-19-12(2)7-14(20)8-13(19)3/h4-8H,9-10H2,1-3H3,(H,22,23). The lowest BCUT2D eigenvalue weighted by atomic mass is 10.1. The molecule has 138 valence electrons. The molecular formula is C19H19ClFNO4. The highest BCUT2D eigenvalue weighted by atomic mass is 35.5. The Morgan fingerprint density at radius 2 is 1.73 bits per heavy atom. The Bertz CT molecular complexity index is 815. The van der Waals surface area contributed by atoms with E-state index in [1.165, 1.54) is 12.1 Å². The maximum atomic E-state index is 13.7. The van der Waals surface area contributed by atoms with Gasteiger partial charge in [-0.1, -0.05) is 17.7 Å². The molecule has 0 saturated heterocycles.